The number of hydrogen-bond acceptors (Lipinski definition) is 8. The molecule has 10 heteroatoms. The smallest absolute Gasteiger partial charge is 0.407 e. The Bertz CT molecular complexity index is 1130. The predicted molar refractivity (Wildman–Crippen MR) is 137 cm³/mol. The van der Waals surface area contributed by atoms with E-state index < -0.39 is 18.2 Å². The molecule has 36 heavy (non-hydrogen) atoms. The van der Waals surface area contributed by atoms with Crippen LogP contribution in [0.25, 0.3) is 10.2 Å². The lowest BCUT2D eigenvalue weighted by atomic mass is 10.0. The van der Waals surface area contributed by atoms with Crippen LogP contribution in [0.2, 0.25) is 0 Å². The van der Waals surface area contributed by atoms with Crippen molar-refractivity contribution in [3.05, 3.63) is 65.2 Å². The van der Waals surface area contributed by atoms with Crippen LogP contribution in [-0.2, 0) is 20.9 Å². The average Bonchev–Trinajstić information content (AvgIpc) is 3.36. The largest absolute Gasteiger partial charge is 0.445 e. The van der Waals surface area contributed by atoms with E-state index in [0.717, 1.165) is 15.8 Å². The van der Waals surface area contributed by atoms with Crippen LogP contribution in [0.15, 0.2) is 54.6 Å². The third-order valence-corrected chi connectivity index (χ3v) is 6.81. The van der Waals surface area contributed by atoms with Gasteiger partial charge in [-0.3, -0.25) is 9.59 Å². The molecule has 1 aliphatic heterocycles. The zero-order chi connectivity index (χ0) is 25.2. The molecule has 190 valence electrons. The van der Waals surface area contributed by atoms with E-state index in [2.05, 4.69) is 20.9 Å². The van der Waals surface area contributed by atoms with Crippen molar-refractivity contribution in [2.45, 2.75) is 38.0 Å². The minimum Gasteiger partial charge on any atom is -0.445 e. The standard InChI is InChI=1S/C26H30N4O5S/c31-23(25-30-19-10-4-5-12-22(19)36-25)20(29-24(32)21-16-27-14-15-34-21)11-6-7-13-28-26(33)35-17-18-8-2-1-3-9-18/h1-5,8-10,12,20-21,27H,6-7,11,13-17H2,(H,28,33)(H,29,32). The van der Waals surface area contributed by atoms with E-state index in [4.69, 9.17) is 9.47 Å². The lowest BCUT2D eigenvalue weighted by molar-refractivity contribution is -0.134. The Morgan fingerprint density at radius 1 is 1.11 bits per heavy atom. The number of alkyl carbamates (subject to hydrolysis) is 1. The first-order chi connectivity index (χ1) is 17.6. The molecular formula is C26H30N4O5S. The third kappa shape index (κ3) is 7.33. The molecule has 0 aliphatic carbocycles. The maximum absolute atomic E-state index is 13.3. The van der Waals surface area contributed by atoms with Gasteiger partial charge in [0.2, 0.25) is 5.78 Å². The van der Waals surface area contributed by atoms with Crippen LogP contribution in [0.3, 0.4) is 0 Å². The van der Waals surface area contributed by atoms with Gasteiger partial charge in [0, 0.05) is 19.6 Å². The summed E-state index contributed by atoms with van der Waals surface area (Å²) in [5, 5.41) is 9.09. The number of thiazole rings is 1. The summed E-state index contributed by atoms with van der Waals surface area (Å²) >= 11 is 1.32. The monoisotopic (exact) mass is 510 g/mol. The number of amides is 2. The highest BCUT2D eigenvalue weighted by atomic mass is 32.1. The fourth-order valence-electron chi connectivity index (χ4n) is 3.83. The molecule has 3 aromatic rings. The van der Waals surface area contributed by atoms with Crippen molar-refractivity contribution in [1.29, 1.82) is 0 Å². The van der Waals surface area contributed by atoms with Crippen LogP contribution < -0.4 is 16.0 Å². The van der Waals surface area contributed by atoms with Crippen LogP contribution in [0.5, 0.6) is 0 Å². The molecule has 0 bridgehead atoms. The highest BCUT2D eigenvalue weighted by Crippen LogP contribution is 2.23. The third-order valence-electron chi connectivity index (χ3n) is 5.76. The Morgan fingerprint density at radius 3 is 2.69 bits per heavy atom. The van der Waals surface area contributed by atoms with Gasteiger partial charge in [0.25, 0.3) is 5.91 Å². The second-order valence-corrected chi connectivity index (χ2v) is 9.49. The van der Waals surface area contributed by atoms with Crippen molar-refractivity contribution in [3.8, 4) is 0 Å². The number of ketones is 1. The van der Waals surface area contributed by atoms with Crippen molar-refractivity contribution < 1.29 is 23.9 Å². The number of ether oxygens (including phenoxy) is 2. The van der Waals surface area contributed by atoms with Gasteiger partial charge in [0.05, 0.1) is 22.9 Å². The molecule has 2 heterocycles. The second kappa shape index (κ2) is 13.1. The van der Waals surface area contributed by atoms with Gasteiger partial charge in [-0.2, -0.15) is 0 Å². The second-order valence-electron chi connectivity index (χ2n) is 8.46. The summed E-state index contributed by atoms with van der Waals surface area (Å²) < 4.78 is 11.7. The van der Waals surface area contributed by atoms with E-state index in [-0.39, 0.29) is 18.3 Å². The number of rotatable bonds is 11. The number of aromatic nitrogens is 1. The number of carbonyl (C=O) groups is 3. The first-order valence-electron chi connectivity index (χ1n) is 12.1. The van der Waals surface area contributed by atoms with Crippen LogP contribution >= 0.6 is 11.3 Å². The van der Waals surface area contributed by atoms with Gasteiger partial charge >= 0.3 is 6.09 Å². The molecule has 2 amide bonds. The molecular weight excluding hydrogens is 480 g/mol. The maximum atomic E-state index is 13.3. The number of benzene rings is 2. The fraction of sp³-hybridized carbons (Fsp3) is 0.385. The Hall–Kier alpha value is -3.34. The van der Waals surface area contributed by atoms with Crippen molar-refractivity contribution in [1.82, 2.24) is 20.9 Å². The fourth-order valence-corrected chi connectivity index (χ4v) is 4.79. The molecule has 2 atom stereocenters. The minimum atomic E-state index is -0.728. The first kappa shape index (κ1) is 25.7. The highest BCUT2D eigenvalue weighted by Gasteiger charge is 2.29. The van der Waals surface area contributed by atoms with Crippen molar-refractivity contribution >= 4 is 39.3 Å². The number of fused-ring (bicyclic) bond motifs is 1. The Kier molecular flexibility index (Phi) is 9.37. The number of unbranched alkanes of at least 4 members (excludes halogenated alkanes) is 1. The predicted octanol–water partition coefficient (Wildman–Crippen LogP) is 3.05. The van der Waals surface area contributed by atoms with E-state index in [9.17, 15) is 14.4 Å². The lowest BCUT2D eigenvalue weighted by Gasteiger charge is -2.25. The molecule has 1 saturated heterocycles. The van der Waals surface area contributed by atoms with Crippen molar-refractivity contribution in [3.63, 3.8) is 0 Å². The summed E-state index contributed by atoms with van der Waals surface area (Å²) in [4.78, 5) is 42.5. The van der Waals surface area contributed by atoms with Crippen LogP contribution in [-0.4, -0.2) is 61.2 Å². The molecule has 2 aromatic carbocycles. The molecule has 3 N–H and O–H groups in total. The zero-order valence-corrected chi connectivity index (χ0v) is 20.7. The molecule has 2 unspecified atom stereocenters. The van der Waals surface area contributed by atoms with Gasteiger partial charge in [0.15, 0.2) is 5.01 Å². The quantitative estimate of drug-likeness (QED) is 0.268. The van der Waals surface area contributed by atoms with Crippen LogP contribution in [0.4, 0.5) is 4.79 Å². The summed E-state index contributed by atoms with van der Waals surface area (Å²) in [5.74, 6) is -0.534. The molecule has 1 aliphatic rings. The summed E-state index contributed by atoms with van der Waals surface area (Å²) in [6, 6.07) is 16.3. The van der Waals surface area contributed by atoms with E-state index >= 15 is 0 Å². The molecule has 0 radical (unpaired) electrons. The van der Waals surface area contributed by atoms with E-state index in [1.165, 1.54) is 11.3 Å². The normalized spacial score (nSPS) is 16.3. The summed E-state index contributed by atoms with van der Waals surface area (Å²) in [7, 11) is 0. The highest BCUT2D eigenvalue weighted by molar-refractivity contribution is 7.20. The number of carbonyl (C=O) groups excluding carboxylic acids is 3. The summed E-state index contributed by atoms with van der Waals surface area (Å²) in [6.07, 6.45) is 0.536. The van der Waals surface area contributed by atoms with Gasteiger partial charge in [-0.15, -0.1) is 11.3 Å². The molecule has 0 spiro atoms. The molecule has 4 rings (SSSR count). The van der Waals surface area contributed by atoms with Gasteiger partial charge in [-0.05, 0) is 37.0 Å². The number of hydrogen-bond donors (Lipinski definition) is 3. The topological polar surface area (TPSA) is 119 Å². The van der Waals surface area contributed by atoms with Gasteiger partial charge in [0.1, 0.15) is 12.7 Å². The van der Waals surface area contributed by atoms with Gasteiger partial charge < -0.3 is 25.4 Å². The molecule has 1 fully saturated rings. The maximum Gasteiger partial charge on any atom is 0.407 e. The molecule has 1 aromatic heterocycles. The minimum absolute atomic E-state index is 0.204. The van der Waals surface area contributed by atoms with Gasteiger partial charge in [-0.1, -0.05) is 42.5 Å². The summed E-state index contributed by atoms with van der Waals surface area (Å²) in [5.41, 5.74) is 1.67. The van der Waals surface area contributed by atoms with E-state index in [1.807, 2.05) is 54.6 Å². The number of morpholine rings is 1. The first-order valence-corrected chi connectivity index (χ1v) is 12.9. The van der Waals surface area contributed by atoms with E-state index in [0.29, 0.717) is 50.5 Å². The van der Waals surface area contributed by atoms with Gasteiger partial charge in [-0.25, -0.2) is 9.78 Å². The average molecular weight is 511 g/mol. The number of nitrogens with one attached hydrogen (secondary N) is 3. The van der Waals surface area contributed by atoms with E-state index in [1.54, 1.807) is 0 Å². The zero-order valence-electron chi connectivity index (χ0n) is 19.9. The van der Waals surface area contributed by atoms with Crippen LogP contribution in [0.1, 0.15) is 34.6 Å². The number of Topliss-reactive ketones (excluding diaryl/α,β-unsaturated/α-hetero) is 1. The van der Waals surface area contributed by atoms with Crippen molar-refractivity contribution in [2.75, 3.05) is 26.2 Å². The van der Waals surface area contributed by atoms with Crippen LogP contribution in [0, 0.1) is 0 Å². The number of nitrogens with zero attached hydrogens (tertiary/aromatic N) is 1. The molecule has 0 saturated carbocycles. The van der Waals surface area contributed by atoms with Crippen molar-refractivity contribution in [2.24, 2.45) is 0 Å². The SMILES string of the molecule is O=C(NCCCCC(NC(=O)C1CNCCO1)C(=O)c1nc2ccccc2s1)OCc1ccccc1. The Balaban J connectivity index is 1.29. The number of para-hydroxylation sites is 1. The Morgan fingerprint density at radius 2 is 1.92 bits per heavy atom. The molecule has 9 nitrogen and oxygen atoms in total. The Labute approximate surface area is 213 Å². The lowest BCUT2D eigenvalue weighted by Crippen LogP contribution is -2.52. The summed E-state index contributed by atoms with van der Waals surface area (Å²) in [6.45, 7) is 2.15.